The first-order valence-corrected chi connectivity index (χ1v) is 8.42. The third-order valence-corrected chi connectivity index (χ3v) is 4.56. The lowest BCUT2D eigenvalue weighted by Gasteiger charge is -2.34. The molecule has 1 aromatic heterocycles. The molecule has 1 aliphatic heterocycles. The molecule has 23 heavy (non-hydrogen) atoms. The van der Waals surface area contributed by atoms with Gasteiger partial charge in [0.2, 0.25) is 0 Å². The van der Waals surface area contributed by atoms with Crippen LogP contribution in [0.3, 0.4) is 0 Å². The van der Waals surface area contributed by atoms with Crippen LogP contribution in [0.2, 0.25) is 0 Å². The second-order valence-electron chi connectivity index (χ2n) is 6.13. The first-order chi connectivity index (χ1) is 11.4. The minimum Gasteiger partial charge on any atom is -0.467 e. The van der Waals surface area contributed by atoms with Gasteiger partial charge in [0.05, 0.1) is 18.9 Å². The molecule has 1 aromatic carbocycles. The van der Waals surface area contributed by atoms with Gasteiger partial charge in [-0.2, -0.15) is 0 Å². The maximum atomic E-state index is 5.68. The molecule has 0 aliphatic carbocycles. The minimum absolute atomic E-state index is 0.127. The number of nitrogens with one attached hydrogen (secondary N) is 1. The van der Waals surface area contributed by atoms with E-state index >= 15 is 0 Å². The lowest BCUT2D eigenvalue weighted by Crippen LogP contribution is -2.44. The first-order valence-electron chi connectivity index (χ1n) is 8.42. The van der Waals surface area contributed by atoms with E-state index < -0.39 is 0 Å². The number of nitrogens with zero attached hydrogens (tertiary/aromatic N) is 1. The Bertz CT molecular complexity index is 548. The van der Waals surface area contributed by atoms with Crippen molar-refractivity contribution < 1.29 is 9.15 Å². The van der Waals surface area contributed by atoms with Gasteiger partial charge < -0.3 is 19.4 Å². The molecule has 0 amide bonds. The van der Waals surface area contributed by atoms with Gasteiger partial charge in [0.1, 0.15) is 5.76 Å². The molecule has 1 saturated heterocycles. The van der Waals surface area contributed by atoms with Crippen molar-refractivity contribution >= 4 is 0 Å². The molecule has 124 valence electrons. The highest BCUT2D eigenvalue weighted by molar-refractivity contribution is 5.26. The van der Waals surface area contributed by atoms with Gasteiger partial charge in [-0.1, -0.05) is 30.3 Å². The van der Waals surface area contributed by atoms with Crippen molar-refractivity contribution in [2.75, 3.05) is 33.4 Å². The second kappa shape index (κ2) is 8.29. The van der Waals surface area contributed by atoms with Crippen LogP contribution >= 0.6 is 0 Å². The SMILES string of the molecule is COCCN1CCC(N[C@H](c2ccccc2)c2ccco2)CC1. The number of furan rings is 1. The van der Waals surface area contributed by atoms with Crippen molar-refractivity contribution in [2.24, 2.45) is 0 Å². The highest BCUT2D eigenvalue weighted by Gasteiger charge is 2.24. The van der Waals surface area contributed by atoms with E-state index in [0.29, 0.717) is 6.04 Å². The van der Waals surface area contributed by atoms with E-state index in [0.717, 1.165) is 44.8 Å². The Balaban J connectivity index is 1.62. The number of likely N-dealkylation sites (tertiary alicyclic amines) is 1. The molecule has 1 atom stereocenters. The number of hydrogen-bond donors (Lipinski definition) is 1. The molecule has 0 radical (unpaired) electrons. The second-order valence-corrected chi connectivity index (χ2v) is 6.13. The molecule has 0 unspecified atom stereocenters. The highest BCUT2D eigenvalue weighted by atomic mass is 16.5. The summed E-state index contributed by atoms with van der Waals surface area (Å²) in [5.74, 6) is 0.984. The molecular formula is C19H26N2O2. The fraction of sp³-hybridized carbons (Fsp3) is 0.474. The van der Waals surface area contributed by atoms with Crippen molar-refractivity contribution in [2.45, 2.75) is 24.9 Å². The van der Waals surface area contributed by atoms with Gasteiger partial charge in [-0.05, 0) is 43.6 Å². The smallest absolute Gasteiger partial charge is 0.125 e. The summed E-state index contributed by atoms with van der Waals surface area (Å²) < 4.78 is 10.8. The summed E-state index contributed by atoms with van der Waals surface area (Å²) in [5, 5.41) is 3.80. The molecule has 0 spiro atoms. The summed E-state index contributed by atoms with van der Waals surface area (Å²) in [4.78, 5) is 2.48. The van der Waals surface area contributed by atoms with Crippen LogP contribution in [0.15, 0.2) is 53.1 Å². The number of benzene rings is 1. The summed E-state index contributed by atoms with van der Waals surface area (Å²) in [6.07, 6.45) is 4.07. The summed E-state index contributed by atoms with van der Waals surface area (Å²) in [6, 6.07) is 15.2. The Kier molecular flexibility index (Phi) is 5.86. The predicted octanol–water partition coefficient (Wildman–Crippen LogP) is 3.07. The van der Waals surface area contributed by atoms with E-state index in [1.807, 2.05) is 6.07 Å². The van der Waals surface area contributed by atoms with Crippen LogP contribution in [0.1, 0.15) is 30.2 Å². The molecule has 0 bridgehead atoms. The molecule has 4 nitrogen and oxygen atoms in total. The van der Waals surface area contributed by atoms with Gasteiger partial charge in [-0.15, -0.1) is 0 Å². The fourth-order valence-corrected chi connectivity index (χ4v) is 3.22. The van der Waals surface area contributed by atoms with Gasteiger partial charge in [0.25, 0.3) is 0 Å². The zero-order valence-corrected chi connectivity index (χ0v) is 13.8. The quantitative estimate of drug-likeness (QED) is 0.852. The van der Waals surface area contributed by atoms with Crippen LogP contribution in [0.25, 0.3) is 0 Å². The zero-order chi connectivity index (χ0) is 15.9. The minimum atomic E-state index is 0.127. The number of rotatable bonds is 7. The Labute approximate surface area is 138 Å². The van der Waals surface area contributed by atoms with Gasteiger partial charge in [-0.3, -0.25) is 0 Å². The summed E-state index contributed by atoms with van der Waals surface area (Å²) in [5.41, 5.74) is 1.25. The van der Waals surface area contributed by atoms with Gasteiger partial charge in [0.15, 0.2) is 0 Å². The third kappa shape index (κ3) is 4.44. The Morgan fingerprint density at radius 2 is 1.96 bits per heavy atom. The van der Waals surface area contributed by atoms with E-state index in [2.05, 4.69) is 46.6 Å². The summed E-state index contributed by atoms with van der Waals surface area (Å²) in [6.45, 7) is 4.10. The van der Waals surface area contributed by atoms with Gasteiger partial charge >= 0.3 is 0 Å². The zero-order valence-electron chi connectivity index (χ0n) is 13.8. The van der Waals surface area contributed by atoms with E-state index in [4.69, 9.17) is 9.15 Å². The Hall–Kier alpha value is -1.62. The van der Waals surface area contributed by atoms with Gasteiger partial charge in [0, 0.05) is 19.7 Å². The van der Waals surface area contributed by atoms with Crippen LogP contribution in [0.4, 0.5) is 0 Å². The van der Waals surface area contributed by atoms with Crippen molar-refractivity contribution in [1.82, 2.24) is 10.2 Å². The maximum Gasteiger partial charge on any atom is 0.125 e. The first kappa shape index (κ1) is 16.2. The number of methoxy groups -OCH3 is 1. The third-order valence-electron chi connectivity index (χ3n) is 4.56. The predicted molar refractivity (Wildman–Crippen MR) is 91.5 cm³/mol. The average molecular weight is 314 g/mol. The van der Waals surface area contributed by atoms with E-state index in [9.17, 15) is 0 Å². The van der Waals surface area contributed by atoms with Gasteiger partial charge in [-0.25, -0.2) is 0 Å². The van der Waals surface area contributed by atoms with Crippen LogP contribution in [-0.4, -0.2) is 44.3 Å². The molecule has 0 saturated carbocycles. The lowest BCUT2D eigenvalue weighted by molar-refractivity contribution is 0.124. The fourth-order valence-electron chi connectivity index (χ4n) is 3.22. The molecule has 1 aliphatic rings. The lowest BCUT2D eigenvalue weighted by atomic mass is 9.99. The topological polar surface area (TPSA) is 37.6 Å². The van der Waals surface area contributed by atoms with Crippen molar-refractivity contribution in [3.63, 3.8) is 0 Å². The number of piperidine rings is 1. The highest BCUT2D eigenvalue weighted by Crippen LogP contribution is 2.24. The van der Waals surface area contributed by atoms with Crippen LogP contribution in [0.5, 0.6) is 0 Å². The summed E-state index contributed by atoms with van der Waals surface area (Å²) >= 11 is 0. The van der Waals surface area contributed by atoms with Crippen LogP contribution in [-0.2, 0) is 4.74 Å². The molecule has 1 fully saturated rings. The normalized spacial score (nSPS) is 18.1. The average Bonchev–Trinajstić information content (AvgIpc) is 3.14. The van der Waals surface area contributed by atoms with Crippen LogP contribution in [0, 0.1) is 0 Å². The van der Waals surface area contributed by atoms with E-state index in [-0.39, 0.29) is 6.04 Å². The monoisotopic (exact) mass is 314 g/mol. The molecule has 2 aromatic rings. The Morgan fingerprint density at radius 1 is 1.17 bits per heavy atom. The van der Waals surface area contributed by atoms with E-state index in [1.54, 1.807) is 13.4 Å². The van der Waals surface area contributed by atoms with Crippen molar-refractivity contribution in [3.05, 3.63) is 60.1 Å². The number of hydrogen-bond acceptors (Lipinski definition) is 4. The number of ether oxygens (including phenoxy) is 1. The Morgan fingerprint density at radius 3 is 2.61 bits per heavy atom. The van der Waals surface area contributed by atoms with Crippen LogP contribution < -0.4 is 5.32 Å². The molecule has 4 heteroatoms. The van der Waals surface area contributed by atoms with Crippen molar-refractivity contribution in [1.29, 1.82) is 0 Å². The molecule has 1 N–H and O–H groups in total. The molecule has 2 heterocycles. The van der Waals surface area contributed by atoms with Crippen molar-refractivity contribution in [3.8, 4) is 0 Å². The molecular weight excluding hydrogens is 288 g/mol. The molecule has 3 rings (SSSR count). The standard InChI is InChI=1S/C19H26N2O2/c1-22-15-13-21-11-9-17(10-12-21)20-19(18-8-5-14-23-18)16-6-3-2-4-7-16/h2-8,14,17,19-20H,9-13,15H2,1H3/t19-/m1/s1. The maximum absolute atomic E-state index is 5.68. The summed E-state index contributed by atoms with van der Waals surface area (Å²) in [7, 11) is 1.77. The largest absolute Gasteiger partial charge is 0.467 e. The van der Waals surface area contributed by atoms with E-state index in [1.165, 1.54) is 5.56 Å².